The van der Waals surface area contributed by atoms with Gasteiger partial charge in [0.25, 0.3) is 0 Å². The molecule has 0 aliphatic heterocycles. The van der Waals surface area contributed by atoms with Crippen LogP contribution in [0.1, 0.15) is 0 Å². The SMILES string of the molecule is O=S(=O)(F)c1cc2ccc(Cl)nc2cc1F. The normalized spacial score (nSPS) is 11.9. The quantitative estimate of drug-likeness (QED) is 0.587. The smallest absolute Gasteiger partial charge is 0.236 e. The van der Waals surface area contributed by atoms with E-state index in [0.717, 1.165) is 12.1 Å². The van der Waals surface area contributed by atoms with E-state index >= 15 is 0 Å². The summed E-state index contributed by atoms with van der Waals surface area (Å²) in [6.07, 6.45) is 0. The van der Waals surface area contributed by atoms with Gasteiger partial charge in [0.15, 0.2) is 0 Å². The van der Waals surface area contributed by atoms with Crippen molar-refractivity contribution in [2.45, 2.75) is 4.90 Å². The molecule has 0 radical (unpaired) electrons. The minimum absolute atomic E-state index is 0.141. The van der Waals surface area contributed by atoms with Crippen molar-refractivity contribution in [3.05, 3.63) is 35.2 Å². The molecule has 0 saturated carbocycles. The lowest BCUT2D eigenvalue weighted by molar-refractivity contribution is 0.534. The van der Waals surface area contributed by atoms with Gasteiger partial charge in [-0.25, -0.2) is 9.37 Å². The van der Waals surface area contributed by atoms with Crippen molar-refractivity contribution in [3.8, 4) is 0 Å². The first-order valence-electron chi connectivity index (χ1n) is 4.08. The summed E-state index contributed by atoms with van der Waals surface area (Å²) in [7, 11) is -5.07. The number of fused-ring (bicyclic) bond motifs is 1. The maximum Gasteiger partial charge on any atom is 0.335 e. The third-order valence-corrected chi connectivity index (χ3v) is 3.02. The molecular formula is C9H4ClF2NO2S. The van der Waals surface area contributed by atoms with Gasteiger partial charge >= 0.3 is 10.2 Å². The maximum atomic E-state index is 13.2. The summed E-state index contributed by atoms with van der Waals surface area (Å²) in [5.74, 6) is -1.19. The van der Waals surface area contributed by atoms with E-state index < -0.39 is 20.9 Å². The molecule has 84 valence electrons. The highest BCUT2D eigenvalue weighted by Gasteiger charge is 2.18. The van der Waals surface area contributed by atoms with Crippen LogP contribution in [0, 0.1) is 5.82 Å². The number of nitrogens with zero attached hydrogens (tertiary/aromatic N) is 1. The predicted molar refractivity (Wildman–Crippen MR) is 55.0 cm³/mol. The lowest BCUT2D eigenvalue weighted by Crippen LogP contribution is -1.97. The zero-order chi connectivity index (χ0) is 11.9. The molecular weight excluding hydrogens is 260 g/mol. The molecule has 0 amide bonds. The number of hydrogen-bond acceptors (Lipinski definition) is 3. The van der Waals surface area contributed by atoms with Gasteiger partial charge in [0.1, 0.15) is 15.9 Å². The van der Waals surface area contributed by atoms with Crippen molar-refractivity contribution in [1.29, 1.82) is 0 Å². The first-order valence-corrected chi connectivity index (χ1v) is 5.84. The second-order valence-electron chi connectivity index (χ2n) is 3.05. The van der Waals surface area contributed by atoms with Crippen molar-refractivity contribution >= 4 is 32.7 Å². The van der Waals surface area contributed by atoms with Gasteiger partial charge in [-0.05, 0) is 18.2 Å². The zero-order valence-electron chi connectivity index (χ0n) is 7.62. The average Bonchev–Trinajstić information content (AvgIpc) is 2.14. The molecule has 1 heterocycles. The average molecular weight is 264 g/mol. The molecule has 0 spiro atoms. The fourth-order valence-electron chi connectivity index (χ4n) is 1.29. The Kier molecular flexibility index (Phi) is 2.55. The minimum Gasteiger partial charge on any atom is -0.236 e. The van der Waals surface area contributed by atoms with Gasteiger partial charge in [0.05, 0.1) is 5.52 Å². The van der Waals surface area contributed by atoms with Gasteiger partial charge in [0.2, 0.25) is 0 Å². The summed E-state index contributed by atoms with van der Waals surface area (Å²) in [4.78, 5) is 2.77. The van der Waals surface area contributed by atoms with E-state index in [1.807, 2.05) is 0 Å². The highest BCUT2D eigenvalue weighted by atomic mass is 35.5. The Morgan fingerprint density at radius 2 is 1.94 bits per heavy atom. The minimum atomic E-state index is -5.07. The summed E-state index contributed by atoms with van der Waals surface area (Å²) < 4.78 is 47.1. The topological polar surface area (TPSA) is 47.0 Å². The van der Waals surface area contributed by atoms with E-state index in [4.69, 9.17) is 11.6 Å². The summed E-state index contributed by atoms with van der Waals surface area (Å²) in [6.45, 7) is 0. The second kappa shape index (κ2) is 3.64. The van der Waals surface area contributed by atoms with Crippen LogP contribution in [0.15, 0.2) is 29.2 Å². The van der Waals surface area contributed by atoms with Gasteiger partial charge in [-0.15, -0.1) is 3.89 Å². The number of halogens is 3. The molecule has 3 nitrogen and oxygen atoms in total. The molecule has 16 heavy (non-hydrogen) atoms. The van der Waals surface area contributed by atoms with E-state index in [9.17, 15) is 16.7 Å². The first kappa shape index (κ1) is 11.2. The molecule has 2 aromatic rings. The van der Waals surface area contributed by atoms with Crippen LogP contribution in [0.2, 0.25) is 5.15 Å². The Morgan fingerprint density at radius 3 is 2.56 bits per heavy atom. The molecule has 1 aromatic carbocycles. The lowest BCUT2D eigenvalue weighted by Gasteiger charge is -2.01. The number of benzene rings is 1. The highest BCUT2D eigenvalue weighted by molar-refractivity contribution is 7.86. The first-order chi connectivity index (χ1) is 7.38. The Hall–Kier alpha value is -1.27. The number of aromatic nitrogens is 1. The fourth-order valence-corrected chi connectivity index (χ4v) is 2.00. The zero-order valence-corrected chi connectivity index (χ0v) is 9.19. The standard InChI is InChI=1S/C9H4ClF2NO2S/c10-9-2-1-5-3-8(16(12,14)15)6(11)4-7(5)13-9/h1-4H. The number of hydrogen-bond donors (Lipinski definition) is 0. The molecule has 0 bridgehead atoms. The van der Waals surface area contributed by atoms with E-state index in [-0.39, 0.29) is 10.7 Å². The Bertz CT molecular complexity index is 673. The van der Waals surface area contributed by atoms with Crippen molar-refractivity contribution in [3.63, 3.8) is 0 Å². The Balaban J connectivity index is 2.83. The molecule has 0 saturated heterocycles. The van der Waals surface area contributed by atoms with Crippen LogP contribution in [0.3, 0.4) is 0 Å². The van der Waals surface area contributed by atoms with Crippen LogP contribution in [-0.2, 0) is 10.2 Å². The second-order valence-corrected chi connectivity index (χ2v) is 4.75. The van der Waals surface area contributed by atoms with Gasteiger partial charge in [-0.1, -0.05) is 11.6 Å². The van der Waals surface area contributed by atoms with Gasteiger partial charge in [-0.2, -0.15) is 8.42 Å². The van der Waals surface area contributed by atoms with E-state index in [1.165, 1.54) is 12.1 Å². The summed E-state index contributed by atoms with van der Waals surface area (Å²) in [6, 6.07) is 4.53. The lowest BCUT2D eigenvalue weighted by atomic mass is 10.2. The van der Waals surface area contributed by atoms with Crippen molar-refractivity contribution in [2.75, 3.05) is 0 Å². The van der Waals surface area contributed by atoms with Crippen LogP contribution >= 0.6 is 11.6 Å². The Morgan fingerprint density at radius 1 is 1.25 bits per heavy atom. The van der Waals surface area contributed by atoms with E-state index in [1.54, 1.807) is 0 Å². The van der Waals surface area contributed by atoms with Crippen LogP contribution < -0.4 is 0 Å². The van der Waals surface area contributed by atoms with Crippen molar-refractivity contribution in [2.24, 2.45) is 0 Å². The molecule has 0 fully saturated rings. The molecule has 2 rings (SSSR count). The van der Waals surface area contributed by atoms with Gasteiger partial charge in [-0.3, -0.25) is 0 Å². The maximum absolute atomic E-state index is 13.2. The van der Waals surface area contributed by atoms with Gasteiger partial charge in [0, 0.05) is 11.5 Å². The monoisotopic (exact) mass is 263 g/mol. The van der Waals surface area contributed by atoms with E-state index in [0.29, 0.717) is 5.39 Å². The summed E-state index contributed by atoms with van der Waals surface area (Å²) >= 11 is 5.57. The molecule has 1 aromatic heterocycles. The third-order valence-electron chi connectivity index (χ3n) is 1.97. The van der Waals surface area contributed by atoms with Crippen molar-refractivity contribution in [1.82, 2.24) is 4.98 Å². The van der Waals surface area contributed by atoms with Crippen LogP contribution in [0.5, 0.6) is 0 Å². The number of pyridine rings is 1. The van der Waals surface area contributed by atoms with Gasteiger partial charge < -0.3 is 0 Å². The molecule has 0 atom stereocenters. The van der Waals surface area contributed by atoms with Crippen LogP contribution in [0.4, 0.5) is 8.28 Å². The van der Waals surface area contributed by atoms with Crippen molar-refractivity contribution < 1.29 is 16.7 Å². The predicted octanol–water partition coefficient (Wildman–Crippen LogP) is 2.69. The number of rotatable bonds is 1. The molecule has 0 unspecified atom stereocenters. The van der Waals surface area contributed by atoms with Crippen LogP contribution in [-0.4, -0.2) is 13.4 Å². The fraction of sp³-hybridized carbons (Fsp3) is 0. The largest absolute Gasteiger partial charge is 0.335 e. The summed E-state index contributed by atoms with van der Waals surface area (Å²) in [5.41, 5.74) is 0.164. The highest BCUT2D eigenvalue weighted by Crippen LogP contribution is 2.24. The molecule has 0 N–H and O–H groups in total. The molecule has 0 aliphatic carbocycles. The molecule has 7 heteroatoms. The third kappa shape index (κ3) is 1.98. The Labute approximate surface area is 94.9 Å². The molecule has 0 aliphatic rings. The van der Waals surface area contributed by atoms with E-state index in [2.05, 4.69) is 4.98 Å². The summed E-state index contributed by atoms with van der Waals surface area (Å²) in [5, 5.41) is 0.435. The van der Waals surface area contributed by atoms with Crippen LogP contribution in [0.25, 0.3) is 10.9 Å².